The minimum Gasteiger partial charge on any atom is -0.477 e. The van der Waals surface area contributed by atoms with Gasteiger partial charge in [-0.05, 0) is 0 Å². The van der Waals surface area contributed by atoms with Gasteiger partial charge >= 0.3 is 18.0 Å². The number of carbonyl (C=O) groups is 1. The monoisotopic (exact) mass is 268 g/mol. The van der Waals surface area contributed by atoms with Crippen LogP contribution in [0.5, 0.6) is 5.75 Å². The first-order valence-corrected chi connectivity index (χ1v) is 4.02. The molecule has 0 atom stereocenters. The molecule has 0 saturated carbocycles. The number of nitrogens with one attached hydrogen (secondary N) is 1. The summed E-state index contributed by atoms with van der Waals surface area (Å²) in [5, 5.41) is 19.0. The highest BCUT2D eigenvalue weighted by atomic mass is 19.4. The lowest BCUT2D eigenvalue weighted by Crippen LogP contribution is -2.25. The van der Waals surface area contributed by atoms with Crippen LogP contribution in [0.25, 0.3) is 0 Å². The SMILES string of the molecule is O=C(O)c1c(OC(F)(F)F)c([N+](=O)[O-])c[nH]c1=O. The molecule has 1 heterocycles. The van der Waals surface area contributed by atoms with E-state index in [0.29, 0.717) is 6.20 Å². The summed E-state index contributed by atoms with van der Waals surface area (Å²) in [5.41, 5.74) is -4.27. The van der Waals surface area contributed by atoms with Crippen molar-refractivity contribution in [1.29, 1.82) is 0 Å². The molecule has 1 aromatic heterocycles. The fraction of sp³-hybridized carbons (Fsp3) is 0.143. The number of pyridine rings is 1. The number of aromatic amines is 1. The van der Waals surface area contributed by atoms with Gasteiger partial charge in [-0.25, -0.2) is 4.79 Å². The number of rotatable bonds is 3. The predicted molar refractivity (Wildman–Crippen MR) is 47.4 cm³/mol. The van der Waals surface area contributed by atoms with Crippen LogP contribution < -0.4 is 10.3 Å². The van der Waals surface area contributed by atoms with Gasteiger partial charge in [-0.1, -0.05) is 0 Å². The molecule has 0 aliphatic heterocycles. The van der Waals surface area contributed by atoms with Gasteiger partial charge in [0, 0.05) is 0 Å². The maximum absolute atomic E-state index is 12.0. The minimum atomic E-state index is -5.37. The van der Waals surface area contributed by atoms with Crippen LogP contribution in [0.4, 0.5) is 18.9 Å². The molecule has 2 N–H and O–H groups in total. The third kappa shape index (κ3) is 2.75. The molecule has 0 amide bonds. The van der Waals surface area contributed by atoms with E-state index in [2.05, 4.69) is 4.74 Å². The first kappa shape index (κ1) is 13.5. The van der Waals surface area contributed by atoms with Gasteiger partial charge in [0.15, 0.2) is 5.56 Å². The van der Waals surface area contributed by atoms with Crippen molar-refractivity contribution in [1.82, 2.24) is 4.98 Å². The zero-order valence-corrected chi connectivity index (χ0v) is 8.15. The Bertz CT molecular complexity index is 563. The Hall–Kier alpha value is -2.59. The Balaban J connectivity index is 3.59. The fourth-order valence-corrected chi connectivity index (χ4v) is 1.05. The van der Waals surface area contributed by atoms with Crippen molar-refractivity contribution in [2.45, 2.75) is 6.36 Å². The quantitative estimate of drug-likeness (QED) is 0.619. The number of H-pyrrole nitrogens is 1. The van der Waals surface area contributed by atoms with Crippen molar-refractivity contribution in [3.05, 3.63) is 32.2 Å². The molecule has 1 rings (SSSR count). The molecular formula is C7H3F3N2O6. The molecule has 0 radical (unpaired) electrons. The van der Waals surface area contributed by atoms with Gasteiger partial charge in [-0.2, -0.15) is 0 Å². The number of hydrogen-bond donors (Lipinski definition) is 2. The summed E-state index contributed by atoms with van der Waals surface area (Å²) in [6, 6.07) is 0. The van der Waals surface area contributed by atoms with E-state index in [9.17, 15) is 32.9 Å². The normalized spacial score (nSPS) is 11.1. The number of aromatic carboxylic acids is 1. The van der Waals surface area contributed by atoms with Crippen LogP contribution in [0.1, 0.15) is 10.4 Å². The van der Waals surface area contributed by atoms with Gasteiger partial charge in [0.1, 0.15) is 0 Å². The zero-order valence-electron chi connectivity index (χ0n) is 8.15. The van der Waals surface area contributed by atoms with Crippen LogP contribution in [-0.2, 0) is 0 Å². The maximum atomic E-state index is 12.0. The summed E-state index contributed by atoms with van der Waals surface area (Å²) in [7, 11) is 0. The van der Waals surface area contributed by atoms with Gasteiger partial charge in [-0.15, -0.1) is 13.2 Å². The van der Waals surface area contributed by atoms with Crippen LogP contribution in [-0.4, -0.2) is 27.3 Å². The molecule has 0 fully saturated rings. The Morgan fingerprint density at radius 3 is 2.44 bits per heavy atom. The molecule has 0 aromatic carbocycles. The molecule has 18 heavy (non-hydrogen) atoms. The fourth-order valence-electron chi connectivity index (χ4n) is 1.05. The number of nitrogens with zero attached hydrogens (tertiary/aromatic N) is 1. The molecule has 98 valence electrons. The lowest BCUT2D eigenvalue weighted by molar-refractivity contribution is -0.389. The van der Waals surface area contributed by atoms with E-state index in [4.69, 9.17) is 5.11 Å². The summed E-state index contributed by atoms with van der Waals surface area (Å²) in [6.45, 7) is 0. The lowest BCUT2D eigenvalue weighted by atomic mass is 10.2. The smallest absolute Gasteiger partial charge is 0.477 e. The average molecular weight is 268 g/mol. The average Bonchev–Trinajstić information content (AvgIpc) is 2.13. The van der Waals surface area contributed by atoms with Gasteiger partial charge in [0.2, 0.25) is 5.75 Å². The number of alkyl halides is 3. The molecule has 0 aliphatic rings. The first-order chi connectivity index (χ1) is 8.13. The van der Waals surface area contributed by atoms with Crippen LogP contribution in [0.15, 0.2) is 11.0 Å². The molecule has 0 saturated heterocycles. The summed E-state index contributed by atoms with van der Waals surface area (Å²) in [6.07, 6.45) is -5.06. The number of ether oxygens (including phenoxy) is 1. The Kier molecular flexibility index (Phi) is 3.26. The standard InChI is InChI=1S/C7H3F3N2O6/c8-7(9,10)18-4-2(12(16)17)1-11-5(13)3(4)6(14)15/h1H,(H,11,13)(H,14,15). The molecule has 11 heteroatoms. The van der Waals surface area contributed by atoms with Crippen LogP contribution in [0.3, 0.4) is 0 Å². The zero-order chi connectivity index (χ0) is 14.1. The van der Waals surface area contributed by atoms with E-state index in [1.807, 2.05) is 0 Å². The summed E-state index contributed by atoms with van der Waals surface area (Å²) in [4.78, 5) is 32.4. The molecule has 8 nitrogen and oxygen atoms in total. The lowest BCUT2D eigenvalue weighted by Gasteiger charge is -2.10. The van der Waals surface area contributed by atoms with E-state index in [1.54, 1.807) is 4.98 Å². The first-order valence-electron chi connectivity index (χ1n) is 4.02. The second-order valence-corrected chi connectivity index (χ2v) is 2.82. The van der Waals surface area contributed by atoms with Crippen LogP contribution in [0, 0.1) is 10.1 Å². The second kappa shape index (κ2) is 4.35. The van der Waals surface area contributed by atoms with E-state index in [0.717, 1.165) is 0 Å². The minimum absolute atomic E-state index is 0.315. The van der Waals surface area contributed by atoms with E-state index < -0.39 is 39.8 Å². The van der Waals surface area contributed by atoms with Crippen molar-refractivity contribution in [3.8, 4) is 5.75 Å². The van der Waals surface area contributed by atoms with Crippen molar-refractivity contribution < 1.29 is 32.7 Å². The molecular weight excluding hydrogens is 265 g/mol. The third-order valence-electron chi connectivity index (χ3n) is 1.66. The van der Waals surface area contributed by atoms with E-state index in [1.165, 1.54) is 0 Å². The Morgan fingerprint density at radius 2 is 2.06 bits per heavy atom. The topological polar surface area (TPSA) is 123 Å². The van der Waals surface area contributed by atoms with Crippen molar-refractivity contribution in [3.63, 3.8) is 0 Å². The highest BCUT2D eigenvalue weighted by Gasteiger charge is 2.38. The highest BCUT2D eigenvalue weighted by Crippen LogP contribution is 2.32. The molecule has 0 bridgehead atoms. The number of nitro groups is 1. The van der Waals surface area contributed by atoms with Gasteiger partial charge in [0.05, 0.1) is 11.1 Å². The third-order valence-corrected chi connectivity index (χ3v) is 1.66. The summed E-state index contributed by atoms with van der Waals surface area (Å²) in [5.74, 6) is -3.75. The van der Waals surface area contributed by atoms with Gasteiger partial charge in [0.25, 0.3) is 5.56 Å². The van der Waals surface area contributed by atoms with Crippen molar-refractivity contribution in [2.24, 2.45) is 0 Å². The number of carboxylic acid groups (broad SMARTS) is 1. The van der Waals surface area contributed by atoms with Gasteiger partial charge < -0.3 is 14.8 Å². The van der Waals surface area contributed by atoms with Gasteiger partial charge in [-0.3, -0.25) is 14.9 Å². The second-order valence-electron chi connectivity index (χ2n) is 2.82. The number of halogens is 3. The summed E-state index contributed by atoms with van der Waals surface area (Å²) < 4.78 is 39.3. The largest absolute Gasteiger partial charge is 0.573 e. The molecule has 0 unspecified atom stereocenters. The Labute approximate surface area is 94.8 Å². The predicted octanol–water partition coefficient (Wildman–Crippen LogP) is 0.880. The van der Waals surface area contributed by atoms with Crippen LogP contribution in [0.2, 0.25) is 0 Å². The van der Waals surface area contributed by atoms with Crippen LogP contribution >= 0.6 is 0 Å². The Morgan fingerprint density at radius 1 is 1.50 bits per heavy atom. The highest BCUT2D eigenvalue weighted by molar-refractivity contribution is 5.92. The number of carboxylic acids is 1. The van der Waals surface area contributed by atoms with Crippen molar-refractivity contribution in [2.75, 3.05) is 0 Å². The molecule has 1 aromatic rings. The number of aromatic nitrogens is 1. The van der Waals surface area contributed by atoms with E-state index >= 15 is 0 Å². The van der Waals surface area contributed by atoms with E-state index in [-0.39, 0.29) is 0 Å². The summed E-state index contributed by atoms with van der Waals surface area (Å²) >= 11 is 0. The number of hydrogen-bond acceptors (Lipinski definition) is 5. The molecule has 0 aliphatic carbocycles. The molecule has 0 spiro atoms. The maximum Gasteiger partial charge on any atom is 0.573 e. The van der Waals surface area contributed by atoms with Crippen molar-refractivity contribution >= 4 is 11.7 Å².